The van der Waals surface area contributed by atoms with Crippen LogP contribution in [0.5, 0.6) is 0 Å². The smallest absolute Gasteiger partial charge is 0.370 e. The van der Waals surface area contributed by atoms with Gasteiger partial charge in [-0.15, -0.1) is 0 Å². The van der Waals surface area contributed by atoms with Crippen LogP contribution >= 0.6 is 0 Å². The fourth-order valence-electron chi connectivity index (χ4n) is 2.80. The van der Waals surface area contributed by atoms with Gasteiger partial charge < -0.3 is 10.6 Å². The lowest BCUT2D eigenvalue weighted by molar-refractivity contribution is -0.137. The van der Waals surface area contributed by atoms with E-state index in [1.54, 1.807) is 6.07 Å². The van der Waals surface area contributed by atoms with E-state index in [-0.39, 0.29) is 6.04 Å². The van der Waals surface area contributed by atoms with Crippen molar-refractivity contribution in [3.63, 3.8) is 0 Å². The third kappa shape index (κ3) is 2.71. The van der Waals surface area contributed by atoms with Gasteiger partial charge >= 0.3 is 6.18 Å². The van der Waals surface area contributed by atoms with Gasteiger partial charge in [0.2, 0.25) is 0 Å². The number of benzene rings is 1. The molecule has 2 unspecified atom stereocenters. The number of alkyl halides is 3. The highest BCUT2D eigenvalue weighted by atomic mass is 19.4. The zero-order valence-electron chi connectivity index (χ0n) is 12.4. The summed E-state index contributed by atoms with van der Waals surface area (Å²) >= 11 is 0. The number of hydrogen-bond acceptors (Lipinski definition) is 3. The average Bonchev–Trinajstić information content (AvgIpc) is 2.74. The summed E-state index contributed by atoms with van der Waals surface area (Å²) in [6, 6.07) is 5.53. The maximum Gasteiger partial charge on any atom is 0.416 e. The van der Waals surface area contributed by atoms with E-state index in [0.717, 1.165) is 12.5 Å². The molecule has 0 saturated heterocycles. The molecule has 21 heavy (non-hydrogen) atoms. The van der Waals surface area contributed by atoms with Crippen LogP contribution in [0, 0.1) is 0 Å². The third-order valence-electron chi connectivity index (χ3n) is 4.17. The number of guanidine groups is 1. The molecule has 1 aromatic carbocycles. The molecule has 1 aromatic rings. The van der Waals surface area contributed by atoms with Gasteiger partial charge in [0.25, 0.3) is 0 Å². The van der Waals surface area contributed by atoms with Crippen molar-refractivity contribution in [2.75, 3.05) is 6.54 Å². The maximum atomic E-state index is 12.9. The van der Waals surface area contributed by atoms with E-state index in [4.69, 9.17) is 5.73 Å². The first-order valence-corrected chi connectivity index (χ1v) is 6.97. The molecule has 2 rings (SSSR count). The Hall–Kier alpha value is -1.72. The summed E-state index contributed by atoms with van der Waals surface area (Å²) < 4.78 is 38.7. The zero-order chi connectivity index (χ0) is 15.8. The Kier molecular flexibility index (Phi) is 3.91. The summed E-state index contributed by atoms with van der Waals surface area (Å²) in [4.78, 5) is 6.17. The Bertz CT molecular complexity index is 553. The molecular weight excluding hydrogens is 279 g/mol. The number of hydrogen-bond donors (Lipinski definition) is 1. The van der Waals surface area contributed by atoms with Gasteiger partial charge in [0.05, 0.1) is 17.6 Å². The van der Waals surface area contributed by atoms with E-state index in [2.05, 4.69) is 4.99 Å². The average molecular weight is 299 g/mol. The Labute approximate surface area is 122 Å². The molecule has 0 bridgehead atoms. The van der Waals surface area contributed by atoms with Crippen LogP contribution in [-0.2, 0) is 11.7 Å². The Morgan fingerprint density at radius 3 is 2.67 bits per heavy atom. The summed E-state index contributed by atoms with van der Waals surface area (Å²) in [5.74, 6) is 0.393. The number of nitrogens with zero attached hydrogens (tertiary/aromatic N) is 2. The van der Waals surface area contributed by atoms with Crippen LogP contribution in [0.15, 0.2) is 29.3 Å². The van der Waals surface area contributed by atoms with Crippen LogP contribution in [0.2, 0.25) is 0 Å². The van der Waals surface area contributed by atoms with Crippen LogP contribution in [0.1, 0.15) is 38.3 Å². The molecular formula is C15H20F3N3. The van der Waals surface area contributed by atoms with E-state index in [9.17, 15) is 13.2 Å². The molecule has 0 spiro atoms. The van der Waals surface area contributed by atoms with Gasteiger partial charge in [0, 0.05) is 6.04 Å². The Morgan fingerprint density at radius 1 is 1.43 bits per heavy atom. The van der Waals surface area contributed by atoms with Crippen molar-refractivity contribution < 1.29 is 13.2 Å². The highest BCUT2D eigenvalue weighted by molar-refractivity contribution is 5.81. The first kappa shape index (κ1) is 15.7. The van der Waals surface area contributed by atoms with Crippen molar-refractivity contribution in [2.45, 2.75) is 44.9 Å². The lowest BCUT2D eigenvalue weighted by atomic mass is 9.88. The van der Waals surface area contributed by atoms with Crippen molar-refractivity contribution >= 4 is 5.96 Å². The second-order valence-corrected chi connectivity index (χ2v) is 5.65. The van der Waals surface area contributed by atoms with Crippen molar-refractivity contribution in [3.05, 3.63) is 35.4 Å². The molecule has 0 saturated carbocycles. The van der Waals surface area contributed by atoms with Crippen molar-refractivity contribution in [2.24, 2.45) is 10.7 Å². The van der Waals surface area contributed by atoms with Gasteiger partial charge in [0.15, 0.2) is 5.96 Å². The van der Waals surface area contributed by atoms with E-state index in [1.165, 1.54) is 12.1 Å². The second kappa shape index (κ2) is 5.24. The highest BCUT2D eigenvalue weighted by Crippen LogP contribution is 2.38. The number of aliphatic imine (C=N–C) groups is 1. The van der Waals surface area contributed by atoms with Gasteiger partial charge in [-0.3, -0.25) is 4.99 Å². The predicted octanol–water partition coefficient (Wildman–Crippen LogP) is 3.35. The van der Waals surface area contributed by atoms with Gasteiger partial charge in [-0.05, 0) is 38.0 Å². The molecule has 116 valence electrons. The Balaban J connectivity index is 2.45. The normalized spacial score (nSPS) is 24.1. The number of nitrogens with two attached hydrogens (primary N) is 1. The minimum absolute atomic E-state index is 0.107. The molecule has 0 amide bonds. The summed E-state index contributed by atoms with van der Waals surface area (Å²) in [6.07, 6.45) is -3.51. The lowest BCUT2D eigenvalue weighted by Gasteiger charge is -2.40. The predicted molar refractivity (Wildman–Crippen MR) is 76.9 cm³/mol. The molecule has 0 aliphatic carbocycles. The Morgan fingerprint density at radius 2 is 2.10 bits per heavy atom. The molecule has 2 atom stereocenters. The summed E-state index contributed by atoms with van der Waals surface area (Å²) in [6.45, 7) is 6.27. The first-order chi connectivity index (χ1) is 9.70. The van der Waals surface area contributed by atoms with E-state index in [0.29, 0.717) is 18.1 Å². The highest BCUT2D eigenvalue weighted by Gasteiger charge is 2.42. The molecule has 3 nitrogen and oxygen atoms in total. The lowest BCUT2D eigenvalue weighted by Crippen LogP contribution is -2.51. The fraction of sp³-hybridized carbons (Fsp3) is 0.533. The van der Waals surface area contributed by atoms with E-state index in [1.807, 2.05) is 25.7 Å². The van der Waals surface area contributed by atoms with Crippen LogP contribution < -0.4 is 5.73 Å². The molecule has 0 radical (unpaired) electrons. The number of halogens is 3. The standard InChI is InChI=1S/C15H20F3N3/c1-4-10(2)21-13(19)20-9-14(21,3)11-6-5-7-12(8-11)15(16,17)18/h5-8,10H,4,9H2,1-3H3,(H2,19,20). The minimum atomic E-state index is -4.35. The van der Waals surface area contributed by atoms with Crippen LogP contribution in [0.3, 0.4) is 0 Å². The van der Waals surface area contributed by atoms with Gasteiger partial charge in [-0.25, -0.2) is 0 Å². The summed E-state index contributed by atoms with van der Waals surface area (Å²) in [7, 11) is 0. The molecule has 1 heterocycles. The quantitative estimate of drug-likeness (QED) is 0.930. The number of rotatable bonds is 3. The van der Waals surface area contributed by atoms with Gasteiger partial charge in [-0.1, -0.05) is 19.1 Å². The summed E-state index contributed by atoms with van der Waals surface area (Å²) in [5.41, 5.74) is 5.25. The van der Waals surface area contributed by atoms with Crippen molar-refractivity contribution in [1.82, 2.24) is 4.90 Å². The van der Waals surface area contributed by atoms with Crippen LogP contribution in [0.25, 0.3) is 0 Å². The first-order valence-electron chi connectivity index (χ1n) is 6.97. The van der Waals surface area contributed by atoms with Crippen molar-refractivity contribution in [1.29, 1.82) is 0 Å². The van der Waals surface area contributed by atoms with E-state index >= 15 is 0 Å². The largest absolute Gasteiger partial charge is 0.416 e. The molecule has 0 aromatic heterocycles. The third-order valence-corrected chi connectivity index (χ3v) is 4.17. The topological polar surface area (TPSA) is 41.6 Å². The van der Waals surface area contributed by atoms with Crippen LogP contribution in [0.4, 0.5) is 13.2 Å². The molecule has 6 heteroatoms. The maximum absolute atomic E-state index is 12.9. The molecule has 2 N–H and O–H groups in total. The fourth-order valence-corrected chi connectivity index (χ4v) is 2.80. The second-order valence-electron chi connectivity index (χ2n) is 5.65. The monoisotopic (exact) mass is 299 g/mol. The van der Waals surface area contributed by atoms with Gasteiger partial charge in [-0.2, -0.15) is 13.2 Å². The summed E-state index contributed by atoms with van der Waals surface area (Å²) in [5, 5.41) is 0. The SMILES string of the molecule is CCC(C)N1C(N)=NCC1(C)c1cccc(C(F)(F)F)c1. The van der Waals surface area contributed by atoms with Crippen molar-refractivity contribution in [3.8, 4) is 0 Å². The molecule has 0 fully saturated rings. The molecule has 1 aliphatic heterocycles. The van der Waals surface area contributed by atoms with E-state index < -0.39 is 17.3 Å². The molecule has 1 aliphatic rings. The zero-order valence-corrected chi connectivity index (χ0v) is 12.4. The van der Waals surface area contributed by atoms with Crippen LogP contribution in [-0.4, -0.2) is 23.4 Å². The minimum Gasteiger partial charge on any atom is -0.370 e. The van der Waals surface area contributed by atoms with Gasteiger partial charge in [0.1, 0.15) is 0 Å².